The minimum Gasteiger partial charge on any atom is -0.441 e. The highest BCUT2D eigenvalue weighted by atomic mass is 32.2. The first-order chi connectivity index (χ1) is 14.4. The summed E-state index contributed by atoms with van der Waals surface area (Å²) in [5.41, 5.74) is 0.799. The molecule has 0 saturated carbocycles. The Hall–Kier alpha value is -3.14. The summed E-state index contributed by atoms with van der Waals surface area (Å²) < 4.78 is 68.8. The smallest absolute Gasteiger partial charge is 0.416 e. The van der Waals surface area contributed by atoms with Crippen LogP contribution in [0.4, 0.5) is 18.9 Å². The number of aromatic nitrogens is 1. The topological polar surface area (TPSA) is 89.3 Å². The van der Waals surface area contributed by atoms with Gasteiger partial charge in [-0.1, -0.05) is 23.8 Å². The molecular formula is C21H19F3N2O4S. The van der Waals surface area contributed by atoms with Crippen molar-refractivity contribution in [1.82, 2.24) is 4.98 Å². The molecule has 1 aromatic heterocycles. The average Bonchev–Trinajstić information content (AvgIpc) is 3.01. The third-order valence-electron chi connectivity index (χ3n) is 4.37. The molecule has 0 aliphatic heterocycles. The van der Waals surface area contributed by atoms with Crippen LogP contribution in [-0.2, 0) is 26.6 Å². The van der Waals surface area contributed by atoms with Crippen molar-refractivity contribution in [2.45, 2.75) is 25.8 Å². The van der Waals surface area contributed by atoms with Crippen LogP contribution in [0.1, 0.15) is 22.6 Å². The number of hydrogen-bond donors (Lipinski definition) is 1. The number of carbonyl (C=O) groups excluding carboxylic acids is 1. The van der Waals surface area contributed by atoms with E-state index in [0.717, 1.165) is 23.8 Å². The molecule has 0 aliphatic carbocycles. The maximum Gasteiger partial charge on any atom is 0.416 e. The minimum absolute atomic E-state index is 0.144. The van der Waals surface area contributed by atoms with Crippen LogP contribution < -0.4 is 5.32 Å². The Bertz CT molecular complexity index is 1200. The first-order valence-corrected chi connectivity index (χ1v) is 11.0. The number of oxazole rings is 1. The Balaban J connectivity index is 1.69. The van der Waals surface area contributed by atoms with Crippen molar-refractivity contribution in [3.63, 3.8) is 0 Å². The molecule has 0 radical (unpaired) electrons. The van der Waals surface area contributed by atoms with Crippen LogP contribution >= 0.6 is 0 Å². The quantitative estimate of drug-likeness (QED) is 0.594. The van der Waals surface area contributed by atoms with E-state index in [1.807, 2.05) is 19.1 Å². The summed E-state index contributed by atoms with van der Waals surface area (Å²) in [6.45, 7) is 3.49. The number of aryl methyl sites for hydroxylation is 2. The molecule has 3 aromatic rings. The SMILES string of the molecule is Cc1ccc(-c2nc(CS(=O)(=O)CC(=O)Nc3cccc(C(F)(F)F)c3)c(C)o2)cc1. The van der Waals surface area contributed by atoms with Crippen LogP contribution in [-0.4, -0.2) is 25.1 Å². The lowest BCUT2D eigenvalue weighted by Crippen LogP contribution is -2.24. The van der Waals surface area contributed by atoms with E-state index in [9.17, 15) is 26.4 Å². The zero-order valence-corrected chi connectivity index (χ0v) is 17.5. The predicted octanol–water partition coefficient (Wildman–Crippen LogP) is 4.53. The number of hydrogen-bond acceptors (Lipinski definition) is 5. The van der Waals surface area contributed by atoms with Gasteiger partial charge in [-0.05, 0) is 44.2 Å². The molecule has 1 N–H and O–H groups in total. The number of alkyl halides is 3. The maximum atomic E-state index is 12.8. The standard InChI is InChI=1S/C21H19F3N2O4S/c1-13-6-8-15(9-7-13)20-26-18(14(2)30-20)11-31(28,29)12-19(27)25-17-5-3-4-16(10-17)21(22,23)24/h3-10H,11-12H2,1-2H3,(H,25,27). The first kappa shape index (κ1) is 22.5. The van der Waals surface area contributed by atoms with Crippen molar-refractivity contribution in [3.05, 3.63) is 71.1 Å². The molecule has 0 aliphatic rings. The summed E-state index contributed by atoms with van der Waals surface area (Å²) in [5.74, 6) is -1.83. The zero-order chi connectivity index (χ0) is 22.8. The molecule has 1 amide bonds. The number of carbonyl (C=O) groups is 1. The molecule has 10 heteroatoms. The van der Waals surface area contributed by atoms with E-state index in [1.165, 1.54) is 6.07 Å². The number of amides is 1. The Morgan fingerprint density at radius 3 is 2.42 bits per heavy atom. The molecule has 0 bridgehead atoms. The summed E-state index contributed by atoms with van der Waals surface area (Å²) in [6.07, 6.45) is -4.58. The van der Waals surface area contributed by atoms with Crippen molar-refractivity contribution >= 4 is 21.4 Å². The third-order valence-corrected chi connectivity index (χ3v) is 5.79. The molecule has 0 atom stereocenters. The number of sulfone groups is 1. The minimum atomic E-state index is -4.58. The Kier molecular flexibility index (Phi) is 6.21. The lowest BCUT2D eigenvalue weighted by atomic mass is 10.1. The Morgan fingerprint density at radius 2 is 1.77 bits per heavy atom. The van der Waals surface area contributed by atoms with Crippen LogP contribution in [0.3, 0.4) is 0 Å². The predicted molar refractivity (Wildman–Crippen MR) is 109 cm³/mol. The largest absolute Gasteiger partial charge is 0.441 e. The number of rotatable bonds is 6. The fourth-order valence-electron chi connectivity index (χ4n) is 2.81. The van der Waals surface area contributed by atoms with Gasteiger partial charge in [0.1, 0.15) is 11.5 Å². The molecule has 164 valence electrons. The fourth-order valence-corrected chi connectivity index (χ4v) is 4.07. The van der Waals surface area contributed by atoms with E-state index in [4.69, 9.17) is 4.42 Å². The number of halogens is 3. The lowest BCUT2D eigenvalue weighted by Gasteiger charge is -2.10. The third kappa shape index (κ3) is 5.94. The van der Waals surface area contributed by atoms with Gasteiger partial charge >= 0.3 is 6.18 Å². The first-order valence-electron chi connectivity index (χ1n) is 9.14. The van der Waals surface area contributed by atoms with Crippen LogP contribution in [0, 0.1) is 13.8 Å². The van der Waals surface area contributed by atoms with Crippen molar-refractivity contribution in [3.8, 4) is 11.5 Å². The average molecular weight is 452 g/mol. The van der Waals surface area contributed by atoms with Gasteiger partial charge in [-0.3, -0.25) is 4.79 Å². The van der Waals surface area contributed by atoms with Crippen LogP contribution in [0.25, 0.3) is 11.5 Å². The molecule has 0 fully saturated rings. The van der Waals surface area contributed by atoms with Crippen molar-refractivity contribution in [2.75, 3.05) is 11.1 Å². The van der Waals surface area contributed by atoms with Gasteiger partial charge in [0.15, 0.2) is 9.84 Å². The van der Waals surface area contributed by atoms with E-state index in [1.54, 1.807) is 19.1 Å². The maximum absolute atomic E-state index is 12.8. The van der Waals surface area contributed by atoms with E-state index >= 15 is 0 Å². The normalized spacial score (nSPS) is 12.0. The summed E-state index contributed by atoms with van der Waals surface area (Å²) in [5, 5.41) is 2.19. The van der Waals surface area contributed by atoms with Gasteiger partial charge in [-0.25, -0.2) is 13.4 Å². The summed E-state index contributed by atoms with van der Waals surface area (Å²) in [7, 11) is -3.95. The van der Waals surface area contributed by atoms with Crippen molar-refractivity contribution in [1.29, 1.82) is 0 Å². The second-order valence-corrected chi connectivity index (χ2v) is 9.11. The van der Waals surface area contributed by atoms with Crippen LogP contribution in [0.2, 0.25) is 0 Å². The number of anilines is 1. The highest BCUT2D eigenvalue weighted by Gasteiger charge is 2.30. The van der Waals surface area contributed by atoms with E-state index in [0.29, 0.717) is 11.3 Å². The molecule has 0 spiro atoms. The second kappa shape index (κ2) is 8.54. The fraction of sp³-hybridized carbons (Fsp3) is 0.238. The highest BCUT2D eigenvalue weighted by Crippen LogP contribution is 2.30. The van der Waals surface area contributed by atoms with Gasteiger partial charge < -0.3 is 9.73 Å². The molecule has 31 heavy (non-hydrogen) atoms. The van der Waals surface area contributed by atoms with E-state index < -0.39 is 39.0 Å². The van der Waals surface area contributed by atoms with Gasteiger partial charge in [0.25, 0.3) is 0 Å². The number of benzene rings is 2. The molecule has 0 saturated heterocycles. The highest BCUT2D eigenvalue weighted by molar-refractivity contribution is 7.91. The van der Waals surface area contributed by atoms with Gasteiger partial charge in [0.2, 0.25) is 11.8 Å². The Morgan fingerprint density at radius 1 is 1.10 bits per heavy atom. The number of nitrogens with zero attached hydrogens (tertiary/aromatic N) is 1. The molecule has 6 nitrogen and oxygen atoms in total. The summed E-state index contributed by atoms with van der Waals surface area (Å²) in [6, 6.07) is 11.3. The van der Waals surface area contributed by atoms with Crippen molar-refractivity contribution in [2.24, 2.45) is 0 Å². The van der Waals surface area contributed by atoms with Gasteiger partial charge in [0.05, 0.1) is 17.0 Å². The lowest BCUT2D eigenvalue weighted by molar-refractivity contribution is -0.137. The van der Waals surface area contributed by atoms with E-state index in [2.05, 4.69) is 10.3 Å². The summed E-state index contributed by atoms with van der Waals surface area (Å²) >= 11 is 0. The monoisotopic (exact) mass is 452 g/mol. The van der Waals surface area contributed by atoms with Gasteiger partial charge in [-0.2, -0.15) is 13.2 Å². The van der Waals surface area contributed by atoms with Gasteiger partial charge in [0, 0.05) is 11.3 Å². The van der Waals surface area contributed by atoms with Crippen LogP contribution in [0.15, 0.2) is 52.9 Å². The molecule has 0 unspecified atom stereocenters. The van der Waals surface area contributed by atoms with Gasteiger partial charge in [-0.15, -0.1) is 0 Å². The van der Waals surface area contributed by atoms with Crippen LogP contribution in [0.5, 0.6) is 0 Å². The molecule has 3 rings (SSSR count). The number of nitrogens with one attached hydrogen (secondary N) is 1. The zero-order valence-electron chi connectivity index (χ0n) is 16.7. The van der Waals surface area contributed by atoms with E-state index in [-0.39, 0.29) is 17.3 Å². The second-order valence-electron chi connectivity index (χ2n) is 7.05. The molecular weight excluding hydrogens is 433 g/mol. The Labute approximate surface area is 177 Å². The molecule has 1 heterocycles. The van der Waals surface area contributed by atoms with Crippen molar-refractivity contribution < 1.29 is 30.8 Å². The summed E-state index contributed by atoms with van der Waals surface area (Å²) in [4.78, 5) is 16.3. The molecule has 2 aromatic carbocycles.